The normalized spacial score (nSPS) is 18.8. The van der Waals surface area contributed by atoms with E-state index in [1.165, 1.54) is 0 Å². The number of aliphatic hydroxyl groups is 1. The van der Waals surface area contributed by atoms with E-state index in [-0.39, 0.29) is 24.7 Å². The Labute approximate surface area is 176 Å². The summed E-state index contributed by atoms with van der Waals surface area (Å²) < 4.78 is 11.5. The number of amides is 1. The van der Waals surface area contributed by atoms with Crippen LogP contribution in [0.15, 0.2) is 24.4 Å². The summed E-state index contributed by atoms with van der Waals surface area (Å²) in [6.07, 6.45) is 4.06. The molecule has 2 aliphatic rings. The van der Waals surface area contributed by atoms with E-state index >= 15 is 0 Å². The maximum absolute atomic E-state index is 12.2. The highest BCUT2D eigenvalue weighted by Crippen LogP contribution is 2.32. The van der Waals surface area contributed by atoms with Crippen molar-refractivity contribution >= 4 is 11.7 Å². The standard InChI is InChI=1S/C22H28N4O4/c1-3-29-19-5-4-16(13-23-19)30-15-6-9-26(10-7-15)21-14(2)12-17-20(25-21)18(8-11-27)24-22(17)28/h4-5,12-13,15,18,27H,3,6-11H2,1-2H3,(H,24,28)/t18-/m1/s1. The number of carbonyl (C=O) groups is 1. The first-order valence-corrected chi connectivity index (χ1v) is 10.5. The van der Waals surface area contributed by atoms with Gasteiger partial charge in [0, 0.05) is 38.6 Å². The second-order valence-electron chi connectivity index (χ2n) is 7.67. The first-order chi connectivity index (χ1) is 14.6. The SMILES string of the molecule is CCOc1ccc(OC2CCN(c3nc4c(cc3C)C(=O)N[C@@H]4CCO)CC2)cn1. The van der Waals surface area contributed by atoms with Gasteiger partial charge in [0.1, 0.15) is 17.7 Å². The number of fused-ring (bicyclic) bond motifs is 1. The topological polar surface area (TPSA) is 96.8 Å². The number of hydrogen-bond acceptors (Lipinski definition) is 7. The third kappa shape index (κ3) is 4.18. The molecule has 0 radical (unpaired) electrons. The zero-order chi connectivity index (χ0) is 21.1. The molecule has 2 aromatic rings. The summed E-state index contributed by atoms with van der Waals surface area (Å²) in [7, 11) is 0. The maximum atomic E-state index is 12.2. The lowest BCUT2D eigenvalue weighted by atomic mass is 10.0. The van der Waals surface area contributed by atoms with Gasteiger partial charge in [0.25, 0.3) is 5.91 Å². The van der Waals surface area contributed by atoms with Crippen LogP contribution in [0.2, 0.25) is 0 Å². The Morgan fingerprint density at radius 1 is 1.30 bits per heavy atom. The molecule has 1 fully saturated rings. The Bertz CT molecular complexity index is 895. The van der Waals surface area contributed by atoms with Crippen molar-refractivity contribution < 1.29 is 19.4 Å². The van der Waals surface area contributed by atoms with Crippen molar-refractivity contribution in [3.63, 3.8) is 0 Å². The lowest BCUT2D eigenvalue weighted by Crippen LogP contribution is -2.39. The number of anilines is 1. The molecule has 0 aliphatic carbocycles. The monoisotopic (exact) mass is 412 g/mol. The number of aliphatic hydroxyl groups excluding tert-OH is 1. The quantitative estimate of drug-likeness (QED) is 0.721. The van der Waals surface area contributed by atoms with Gasteiger partial charge in [-0.1, -0.05) is 0 Å². The molecule has 0 saturated carbocycles. The Kier molecular flexibility index (Phi) is 6.03. The molecule has 1 atom stereocenters. The van der Waals surface area contributed by atoms with E-state index in [1.54, 1.807) is 6.20 Å². The van der Waals surface area contributed by atoms with Crippen molar-refractivity contribution in [1.29, 1.82) is 0 Å². The predicted molar refractivity (Wildman–Crippen MR) is 112 cm³/mol. The van der Waals surface area contributed by atoms with Crippen LogP contribution >= 0.6 is 0 Å². The van der Waals surface area contributed by atoms with Crippen LogP contribution in [0.3, 0.4) is 0 Å². The van der Waals surface area contributed by atoms with Crippen molar-refractivity contribution in [2.24, 2.45) is 0 Å². The highest BCUT2D eigenvalue weighted by molar-refractivity contribution is 5.99. The van der Waals surface area contributed by atoms with Gasteiger partial charge in [0.15, 0.2) is 0 Å². The van der Waals surface area contributed by atoms with Gasteiger partial charge in [0.05, 0.1) is 30.1 Å². The number of ether oxygens (including phenoxy) is 2. The summed E-state index contributed by atoms with van der Waals surface area (Å²) >= 11 is 0. The number of carbonyl (C=O) groups excluding carboxylic acids is 1. The second kappa shape index (κ2) is 8.87. The fourth-order valence-electron chi connectivity index (χ4n) is 4.08. The molecule has 4 heterocycles. The largest absolute Gasteiger partial charge is 0.489 e. The minimum atomic E-state index is -0.218. The molecule has 1 saturated heterocycles. The maximum Gasteiger partial charge on any atom is 0.253 e. The number of nitrogens with one attached hydrogen (secondary N) is 1. The van der Waals surface area contributed by atoms with Crippen LogP contribution in [0.25, 0.3) is 0 Å². The Balaban J connectivity index is 1.40. The van der Waals surface area contributed by atoms with Crippen molar-refractivity contribution in [1.82, 2.24) is 15.3 Å². The third-order valence-electron chi connectivity index (χ3n) is 5.56. The molecule has 30 heavy (non-hydrogen) atoms. The van der Waals surface area contributed by atoms with Gasteiger partial charge >= 0.3 is 0 Å². The molecule has 1 amide bonds. The van der Waals surface area contributed by atoms with Gasteiger partial charge in [-0.2, -0.15) is 0 Å². The minimum Gasteiger partial charge on any atom is -0.489 e. The smallest absolute Gasteiger partial charge is 0.253 e. The molecule has 0 spiro atoms. The molecule has 2 aromatic heterocycles. The molecular formula is C22H28N4O4. The van der Waals surface area contributed by atoms with Gasteiger partial charge in [-0.05, 0) is 38.0 Å². The zero-order valence-electron chi connectivity index (χ0n) is 17.4. The predicted octanol–water partition coefficient (Wildman–Crippen LogP) is 2.40. The molecule has 8 nitrogen and oxygen atoms in total. The van der Waals surface area contributed by atoms with Gasteiger partial charge in [-0.25, -0.2) is 9.97 Å². The van der Waals surface area contributed by atoms with Crippen molar-refractivity contribution in [3.05, 3.63) is 41.2 Å². The van der Waals surface area contributed by atoms with E-state index in [4.69, 9.17) is 14.5 Å². The molecular weight excluding hydrogens is 384 g/mol. The van der Waals surface area contributed by atoms with E-state index in [2.05, 4.69) is 15.2 Å². The van der Waals surface area contributed by atoms with Gasteiger partial charge in [0.2, 0.25) is 5.88 Å². The highest BCUT2D eigenvalue weighted by atomic mass is 16.5. The van der Waals surface area contributed by atoms with Gasteiger partial charge in [-0.3, -0.25) is 4.79 Å². The van der Waals surface area contributed by atoms with Crippen molar-refractivity contribution in [2.45, 2.75) is 45.3 Å². The molecule has 160 valence electrons. The molecule has 0 bridgehead atoms. The number of nitrogens with zero attached hydrogens (tertiary/aromatic N) is 3. The lowest BCUT2D eigenvalue weighted by molar-refractivity contribution is 0.0952. The minimum absolute atomic E-state index is 0.0123. The van der Waals surface area contributed by atoms with Gasteiger partial charge < -0.3 is 24.8 Å². The number of aryl methyl sites for hydroxylation is 1. The molecule has 2 N–H and O–H groups in total. The van der Waals surface area contributed by atoms with Crippen molar-refractivity contribution in [3.8, 4) is 11.6 Å². The Hall–Kier alpha value is -2.87. The summed E-state index contributed by atoms with van der Waals surface area (Å²) in [5.41, 5.74) is 2.35. The number of aromatic nitrogens is 2. The summed E-state index contributed by atoms with van der Waals surface area (Å²) in [6.45, 7) is 6.18. The van der Waals surface area contributed by atoms with Crippen LogP contribution < -0.4 is 19.7 Å². The third-order valence-corrected chi connectivity index (χ3v) is 5.56. The van der Waals surface area contributed by atoms with Crippen LogP contribution in [0.1, 0.15) is 53.8 Å². The second-order valence-corrected chi connectivity index (χ2v) is 7.67. The number of pyridine rings is 2. The number of rotatable bonds is 7. The molecule has 8 heteroatoms. The zero-order valence-corrected chi connectivity index (χ0v) is 17.4. The van der Waals surface area contributed by atoms with E-state index < -0.39 is 0 Å². The molecule has 4 rings (SSSR count). The van der Waals surface area contributed by atoms with Gasteiger partial charge in [-0.15, -0.1) is 0 Å². The average molecular weight is 412 g/mol. The van der Waals surface area contributed by atoms with E-state index in [1.807, 2.05) is 32.0 Å². The summed E-state index contributed by atoms with van der Waals surface area (Å²) in [5.74, 6) is 2.15. The summed E-state index contributed by atoms with van der Waals surface area (Å²) in [5, 5.41) is 12.2. The van der Waals surface area contributed by atoms with Crippen LogP contribution in [0.5, 0.6) is 11.6 Å². The molecule has 0 unspecified atom stereocenters. The summed E-state index contributed by atoms with van der Waals surface area (Å²) in [6, 6.07) is 5.41. The van der Waals surface area contributed by atoms with Crippen LogP contribution in [0, 0.1) is 6.92 Å². The fourth-order valence-corrected chi connectivity index (χ4v) is 4.08. The van der Waals surface area contributed by atoms with E-state index in [9.17, 15) is 9.90 Å². The first kappa shape index (κ1) is 20.4. The highest BCUT2D eigenvalue weighted by Gasteiger charge is 2.32. The fraction of sp³-hybridized carbons (Fsp3) is 0.500. The van der Waals surface area contributed by atoms with Crippen molar-refractivity contribution in [2.75, 3.05) is 31.2 Å². The van der Waals surface area contributed by atoms with Crippen LogP contribution in [-0.2, 0) is 0 Å². The van der Waals surface area contributed by atoms with E-state index in [0.717, 1.165) is 48.8 Å². The van der Waals surface area contributed by atoms with Crippen LogP contribution in [0.4, 0.5) is 5.82 Å². The molecule has 0 aromatic carbocycles. The van der Waals surface area contributed by atoms with Crippen LogP contribution in [-0.4, -0.2) is 53.4 Å². The first-order valence-electron chi connectivity index (χ1n) is 10.5. The average Bonchev–Trinajstić information content (AvgIpc) is 3.04. The molecule has 2 aliphatic heterocycles. The number of hydrogen-bond donors (Lipinski definition) is 2. The Morgan fingerprint density at radius 2 is 2.10 bits per heavy atom. The summed E-state index contributed by atoms with van der Waals surface area (Å²) in [4.78, 5) is 23.5. The van der Waals surface area contributed by atoms with E-state index in [0.29, 0.717) is 24.5 Å². The Morgan fingerprint density at radius 3 is 2.77 bits per heavy atom. The number of piperidine rings is 1. The lowest BCUT2D eigenvalue weighted by Gasteiger charge is -2.34.